The van der Waals surface area contributed by atoms with Gasteiger partial charge in [0.2, 0.25) is 0 Å². The third kappa shape index (κ3) is 21.5. The molecule has 8 heteroatoms. The molecule has 0 radical (unpaired) electrons. The number of hydrogen-bond donors (Lipinski definition) is 4. The summed E-state index contributed by atoms with van der Waals surface area (Å²) in [6, 6.07) is 0.414. The van der Waals surface area contributed by atoms with Crippen LogP contribution < -0.4 is 21.7 Å². The van der Waals surface area contributed by atoms with Gasteiger partial charge in [-0.1, -0.05) is 12.8 Å². The van der Waals surface area contributed by atoms with E-state index in [2.05, 4.69) is 16.0 Å². The van der Waals surface area contributed by atoms with Gasteiger partial charge < -0.3 is 31.2 Å². The minimum Gasteiger partial charge on any atom is -0.444 e. The lowest BCUT2D eigenvalue weighted by atomic mass is 10.0. The number of carbonyl (C=O) groups excluding carboxylic acids is 2. The second kappa shape index (κ2) is 16.1. The van der Waals surface area contributed by atoms with Gasteiger partial charge in [0, 0.05) is 19.1 Å². The summed E-state index contributed by atoms with van der Waals surface area (Å²) in [4.78, 5) is 23.4. The zero-order valence-corrected chi connectivity index (χ0v) is 20.8. The van der Waals surface area contributed by atoms with Crippen molar-refractivity contribution < 1.29 is 19.1 Å². The molecule has 0 aromatic rings. The summed E-state index contributed by atoms with van der Waals surface area (Å²) in [5, 5.41) is 9.25. The predicted octanol–water partition coefficient (Wildman–Crippen LogP) is 4.07. The van der Waals surface area contributed by atoms with Crippen LogP contribution in [0.3, 0.4) is 0 Å². The Bertz CT molecular complexity index is 487. The summed E-state index contributed by atoms with van der Waals surface area (Å²) in [5.41, 5.74) is 4.64. The molecule has 1 unspecified atom stereocenters. The molecule has 0 saturated heterocycles. The Morgan fingerprint density at radius 3 is 1.71 bits per heavy atom. The third-order valence-corrected chi connectivity index (χ3v) is 4.36. The van der Waals surface area contributed by atoms with Crippen LogP contribution in [0.2, 0.25) is 0 Å². The molecule has 184 valence electrons. The van der Waals surface area contributed by atoms with Gasteiger partial charge in [0.05, 0.1) is 0 Å². The highest BCUT2D eigenvalue weighted by atomic mass is 16.6. The third-order valence-electron chi connectivity index (χ3n) is 4.36. The molecular formula is C23H48N4O4. The van der Waals surface area contributed by atoms with E-state index in [1.807, 2.05) is 41.5 Å². The first kappa shape index (κ1) is 29.5. The van der Waals surface area contributed by atoms with Crippen molar-refractivity contribution in [1.82, 2.24) is 16.0 Å². The molecular weight excluding hydrogens is 396 g/mol. The minimum atomic E-state index is -0.477. The molecule has 0 aliphatic carbocycles. The number of ether oxygens (including phenoxy) is 2. The number of hydrogen-bond acceptors (Lipinski definition) is 6. The van der Waals surface area contributed by atoms with Crippen molar-refractivity contribution in [3.05, 3.63) is 0 Å². The van der Waals surface area contributed by atoms with Gasteiger partial charge >= 0.3 is 12.2 Å². The van der Waals surface area contributed by atoms with E-state index in [4.69, 9.17) is 15.2 Å². The van der Waals surface area contributed by atoms with Crippen LogP contribution in [0.1, 0.15) is 92.9 Å². The number of carbonyl (C=O) groups is 2. The van der Waals surface area contributed by atoms with Crippen molar-refractivity contribution in [3.63, 3.8) is 0 Å². The zero-order chi connectivity index (χ0) is 23.8. The lowest BCUT2D eigenvalue weighted by molar-refractivity contribution is 0.0515. The van der Waals surface area contributed by atoms with Gasteiger partial charge in [-0.15, -0.1) is 0 Å². The molecule has 1 atom stereocenters. The number of unbranched alkanes of at least 4 members (excludes halogenated alkanes) is 3. The maximum absolute atomic E-state index is 11.7. The molecule has 0 rings (SSSR count). The molecule has 0 aromatic heterocycles. The Morgan fingerprint density at radius 2 is 1.19 bits per heavy atom. The van der Waals surface area contributed by atoms with E-state index in [0.29, 0.717) is 19.1 Å². The van der Waals surface area contributed by atoms with E-state index in [0.717, 1.165) is 64.5 Å². The van der Waals surface area contributed by atoms with E-state index in [-0.39, 0.29) is 12.2 Å². The first-order chi connectivity index (χ1) is 14.4. The summed E-state index contributed by atoms with van der Waals surface area (Å²) in [6.45, 7) is 14.0. The maximum atomic E-state index is 11.7. The van der Waals surface area contributed by atoms with Crippen LogP contribution >= 0.6 is 0 Å². The van der Waals surface area contributed by atoms with Crippen LogP contribution in [0.15, 0.2) is 0 Å². The van der Waals surface area contributed by atoms with Crippen LogP contribution in [0.5, 0.6) is 0 Å². The fourth-order valence-corrected chi connectivity index (χ4v) is 2.97. The monoisotopic (exact) mass is 444 g/mol. The summed E-state index contributed by atoms with van der Waals surface area (Å²) in [6.07, 6.45) is 7.48. The molecule has 0 aliphatic rings. The van der Waals surface area contributed by atoms with Gasteiger partial charge in [-0.05, 0) is 93.2 Å². The molecule has 5 N–H and O–H groups in total. The number of nitrogens with two attached hydrogens (primary N) is 1. The van der Waals surface area contributed by atoms with Crippen molar-refractivity contribution >= 4 is 12.2 Å². The Morgan fingerprint density at radius 1 is 0.710 bits per heavy atom. The smallest absolute Gasteiger partial charge is 0.407 e. The van der Waals surface area contributed by atoms with Gasteiger partial charge in [0.15, 0.2) is 0 Å². The topological polar surface area (TPSA) is 115 Å². The van der Waals surface area contributed by atoms with Crippen molar-refractivity contribution in [1.29, 1.82) is 0 Å². The van der Waals surface area contributed by atoms with Gasteiger partial charge in [0.1, 0.15) is 11.2 Å². The van der Waals surface area contributed by atoms with E-state index in [9.17, 15) is 9.59 Å². The number of alkyl carbamates (subject to hydrolysis) is 2. The van der Waals surface area contributed by atoms with Crippen LogP contribution in [0.4, 0.5) is 9.59 Å². The molecule has 0 aromatic carbocycles. The van der Waals surface area contributed by atoms with Gasteiger partial charge in [-0.3, -0.25) is 0 Å². The quantitative estimate of drug-likeness (QED) is 0.283. The van der Waals surface area contributed by atoms with Crippen LogP contribution in [0, 0.1) is 0 Å². The largest absolute Gasteiger partial charge is 0.444 e. The van der Waals surface area contributed by atoms with E-state index in [1.165, 1.54) is 0 Å². The highest BCUT2D eigenvalue weighted by molar-refractivity contribution is 5.67. The molecule has 8 nitrogen and oxygen atoms in total. The molecule has 0 spiro atoms. The first-order valence-electron chi connectivity index (χ1n) is 11.8. The number of nitrogens with one attached hydrogen (secondary N) is 3. The van der Waals surface area contributed by atoms with Crippen LogP contribution in [-0.4, -0.2) is 55.6 Å². The summed E-state index contributed by atoms with van der Waals surface area (Å²) in [7, 11) is 0. The molecule has 0 heterocycles. The summed E-state index contributed by atoms with van der Waals surface area (Å²) >= 11 is 0. The minimum absolute atomic E-state index is 0.363. The van der Waals surface area contributed by atoms with E-state index in [1.54, 1.807) is 0 Å². The zero-order valence-electron chi connectivity index (χ0n) is 20.8. The Labute approximate surface area is 189 Å². The van der Waals surface area contributed by atoms with Crippen molar-refractivity contribution in [2.75, 3.05) is 26.2 Å². The number of rotatable bonds is 15. The van der Waals surface area contributed by atoms with Gasteiger partial charge in [-0.2, -0.15) is 0 Å². The average molecular weight is 445 g/mol. The highest BCUT2D eigenvalue weighted by Crippen LogP contribution is 2.10. The lowest BCUT2D eigenvalue weighted by Crippen LogP contribution is -2.35. The molecule has 0 aliphatic heterocycles. The van der Waals surface area contributed by atoms with Gasteiger partial charge in [0.25, 0.3) is 0 Å². The Hall–Kier alpha value is -1.54. The predicted molar refractivity (Wildman–Crippen MR) is 126 cm³/mol. The normalized spacial score (nSPS) is 12.9. The average Bonchev–Trinajstić information content (AvgIpc) is 2.61. The Kier molecular flexibility index (Phi) is 15.3. The maximum Gasteiger partial charge on any atom is 0.407 e. The first-order valence-corrected chi connectivity index (χ1v) is 11.8. The molecule has 2 amide bonds. The van der Waals surface area contributed by atoms with Crippen LogP contribution in [0.25, 0.3) is 0 Å². The highest BCUT2D eigenvalue weighted by Gasteiger charge is 2.16. The van der Waals surface area contributed by atoms with E-state index >= 15 is 0 Å². The molecule has 31 heavy (non-hydrogen) atoms. The fourth-order valence-electron chi connectivity index (χ4n) is 2.97. The molecule has 0 fully saturated rings. The molecule has 0 saturated carbocycles. The second-order valence-corrected chi connectivity index (χ2v) is 10.00. The lowest BCUT2D eigenvalue weighted by Gasteiger charge is -2.21. The Balaban J connectivity index is 4.08. The SMILES string of the molecule is CC(C)(C)OC(=O)NCCCCNC(CCCCCN)CCCNC(=O)OC(C)(C)C. The summed E-state index contributed by atoms with van der Waals surface area (Å²) < 4.78 is 10.5. The van der Waals surface area contributed by atoms with Gasteiger partial charge in [-0.25, -0.2) is 9.59 Å². The second-order valence-electron chi connectivity index (χ2n) is 10.00. The van der Waals surface area contributed by atoms with Crippen molar-refractivity contribution in [2.45, 2.75) is 110 Å². The van der Waals surface area contributed by atoms with E-state index < -0.39 is 11.2 Å². The number of amides is 2. The van der Waals surface area contributed by atoms with Crippen molar-refractivity contribution in [2.24, 2.45) is 5.73 Å². The van der Waals surface area contributed by atoms with Crippen LogP contribution in [-0.2, 0) is 9.47 Å². The summed E-state index contributed by atoms with van der Waals surface area (Å²) in [5.74, 6) is 0. The molecule has 0 bridgehead atoms. The van der Waals surface area contributed by atoms with Crippen molar-refractivity contribution in [3.8, 4) is 0 Å². The standard InChI is InChI=1S/C23H48N4O4/c1-22(2,3)30-20(28)26-17-11-10-16-25-19(13-8-7-9-15-24)14-12-18-27-21(29)31-23(4,5)6/h19,25H,7-18,24H2,1-6H3,(H,26,28)(H,27,29). The fraction of sp³-hybridized carbons (Fsp3) is 0.913.